The fraction of sp³-hybridized carbons (Fsp3) is 0.0870. The van der Waals surface area contributed by atoms with E-state index in [4.69, 9.17) is 11.6 Å². The first-order chi connectivity index (χ1) is 12.7. The van der Waals surface area contributed by atoms with Crippen LogP contribution in [-0.2, 0) is 5.54 Å². The van der Waals surface area contributed by atoms with E-state index in [-0.39, 0.29) is 5.91 Å². The van der Waals surface area contributed by atoms with Crippen LogP contribution >= 0.6 is 11.6 Å². The van der Waals surface area contributed by atoms with Crippen molar-refractivity contribution in [2.24, 2.45) is 0 Å². The van der Waals surface area contributed by atoms with Crippen LogP contribution in [0.1, 0.15) is 27.9 Å². The van der Waals surface area contributed by atoms with Crippen molar-refractivity contribution in [2.45, 2.75) is 12.0 Å². The fourth-order valence-corrected chi connectivity index (χ4v) is 3.34. The Morgan fingerprint density at radius 3 is 2.15 bits per heavy atom. The van der Waals surface area contributed by atoms with Crippen LogP contribution in [0.15, 0.2) is 97.6 Å². The van der Waals surface area contributed by atoms with Crippen LogP contribution in [-0.4, -0.2) is 5.91 Å². The smallest absolute Gasteiger partial charge is 0.252 e. The Morgan fingerprint density at radius 2 is 1.54 bits per heavy atom. The summed E-state index contributed by atoms with van der Waals surface area (Å²) in [4.78, 5) is 13.0. The molecule has 0 saturated carbocycles. The summed E-state index contributed by atoms with van der Waals surface area (Å²) in [6.07, 6.45) is 2.36. The number of carbonyl (C=O) groups is 1. The predicted molar refractivity (Wildman–Crippen MR) is 107 cm³/mol. The van der Waals surface area contributed by atoms with E-state index in [0.29, 0.717) is 17.0 Å². The Labute approximate surface area is 159 Å². The molecule has 2 nitrogen and oxygen atoms in total. The summed E-state index contributed by atoms with van der Waals surface area (Å²) in [5, 5.41) is 3.86. The van der Waals surface area contributed by atoms with Crippen LogP contribution in [0.2, 0.25) is 5.02 Å². The van der Waals surface area contributed by atoms with Gasteiger partial charge in [-0.3, -0.25) is 4.79 Å². The minimum atomic E-state index is -0.749. The van der Waals surface area contributed by atoms with Crippen molar-refractivity contribution in [3.05, 3.63) is 119 Å². The molecule has 130 valence electrons. The molecule has 0 saturated heterocycles. The maximum absolute atomic E-state index is 13.0. The summed E-state index contributed by atoms with van der Waals surface area (Å²) < 4.78 is 0. The van der Waals surface area contributed by atoms with Gasteiger partial charge in [0.1, 0.15) is 0 Å². The molecule has 3 aromatic rings. The lowest BCUT2D eigenvalue weighted by Gasteiger charge is -2.35. The van der Waals surface area contributed by atoms with E-state index in [2.05, 4.69) is 11.9 Å². The Balaban J connectivity index is 2.14. The predicted octanol–water partition coefficient (Wildman–Crippen LogP) is 5.59. The highest BCUT2D eigenvalue weighted by Gasteiger charge is 2.35. The van der Waals surface area contributed by atoms with E-state index in [1.54, 1.807) is 12.1 Å². The molecule has 3 heteroatoms. The van der Waals surface area contributed by atoms with Crippen LogP contribution in [0, 0.1) is 0 Å². The minimum absolute atomic E-state index is 0.142. The van der Waals surface area contributed by atoms with Gasteiger partial charge in [0.2, 0.25) is 0 Å². The summed E-state index contributed by atoms with van der Waals surface area (Å²) in [5.74, 6) is -0.142. The number of hydrogen-bond acceptors (Lipinski definition) is 1. The second kappa shape index (κ2) is 8.03. The van der Waals surface area contributed by atoms with E-state index in [0.717, 1.165) is 11.1 Å². The Bertz CT molecular complexity index is 892. The lowest BCUT2D eigenvalue weighted by Crippen LogP contribution is -2.46. The van der Waals surface area contributed by atoms with Crippen molar-refractivity contribution in [2.75, 3.05) is 0 Å². The quantitative estimate of drug-likeness (QED) is 0.570. The van der Waals surface area contributed by atoms with Gasteiger partial charge in [-0.1, -0.05) is 78.3 Å². The second-order valence-corrected chi connectivity index (χ2v) is 6.53. The SMILES string of the molecule is C=CCC(NC(=O)c1ccccc1)(c1ccccc1)c1cccc(Cl)c1. The number of nitrogens with one attached hydrogen (secondary N) is 1. The molecule has 26 heavy (non-hydrogen) atoms. The molecule has 0 radical (unpaired) electrons. The molecular weight excluding hydrogens is 342 g/mol. The van der Waals surface area contributed by atoms with Crippen molar-refractivity contribution in [1.29, 1.82) is 0 Å². The molecule has 0 heterocycles. The zero-order chi connectivity index (χ0) is 18.4. The van der Waals surface area contributed by atoms with E-state index in [1.807, 2.05) is 78.9 Å². The summed E-state index contributed by atoms with van der Waals surface area (Å²) in [6.45, 7) is 3.91. The molecule has 0 spiro atoms. The van der Waals surface area contributed by atoms with Gasteiger partial charge in [0.25, 0.3) is 5.91 Å². The molecule has 1 N–H and O–H groups in total. The second-order valence-electron chi connectivity index (χ2n) is 6.09. The highest BCUT2D eigenvalue weighted by Crippen LogP contribution is 2.35. The Morgan fingerprint density at radius 1 is 0.923 bits per heavy atom. The van der Waals surface area contributed by atoms with Crippen molar-refractivity contribution in [3.8, 4) is 0 Å². The zero-order valence-corrected chi connectivity index (χ0v) is 15.1. The summed E-state index contributed by atoms with van der Waals surface area (Å²) >= 11 is 6.25. The van der Waals surface area contributed by atoms with Crippen molar-refractivity contribution in [3.63, 3.8) is 0 Å². The minimum Gasteiger partial charge on any atom is -0.338 e. The summed E-state index contributed by atoms with van der Waals surface area (Å²) in [5.41, 5.74) is 1.76. The van der Waals surface area contributed by atoms with E-state index in [9.17, 15) is 4.79 Å². The third kappa shape index (κ3) is 3.71. The van der Waals surface area contributed by atoms with E-state index in [1.165, 1.54) is 0 Å². The summed E-state index contributed by atoms with van der Waals surface area (Å²) in [7, 11) is 0. The number of rotatable bonds is 6. The topological polar surface area (TPSA) is 29.1 Å². The van der Waals surface area contributed by atoms with Gasteiger partial charge in [-0.25, -0.2) is 0 Å². The first-order valence-electron chi connectivity index (χ1n) is 8.46. The maximum atomic E-state index is 13.0. The van der Waals surface area contributed by atoms with Crippen LogP contribution in [0.3, 0.4) is 0 Å². The average Bonchev–Trinajstić information content (AvgIpc) is 2.69. The van der Waals surface area contributed by atoms with Crippen molar-refractivity contribution >= 4 is 17.5 Å². The molecule has 0 aliphatic rings. The van der Waals surface area contributed by atoms with Gasteiger partial charge in [-0.15, -0.1) is 6.58 Å². The van der Waals surface area contributed by atoms with Crippen molar-refractivity contribution in [1.82, 2.24) is 5.32 Å². The molecular formula is C23H20ClNO. The van der Waals surface area contributed by atoms with Crippen molar-refractivity contribution < 1.29 is 4.79 Å². The fourth-order valence-electron chi connectivity index (χ4n) is 3.15. The number of hydrogen-bond donors (Lipinski definition) is 1. The van der Waals surface area contributed by atoms with Gasteiger partial charge in [0.15, 0.2) is 0 Å². The average molecular weight is 362 g/mol. The maximum Gasteiger partial charge on any atom is 0.252 e. The van der Waals surface area contributed by atoms with E-state index < -0.39 is 5.54 Å². The first kappa shape index (κ1) is 18.0. The lowest BCUT2D eigenvalue weighted by molar-refractivity contribution is 0.0913. The largest absolute Gasteiger partial charge is 0.338 e. The molecule has 0 bridgehead atoms. The summed E-state index contributed by atoms with van der Waals surface area (Å²) in [6, 6.07) is 26.7. The van der Waals surface area contributed by atoms with Crippen LogP contribution in [0.4, 0.5) is 0 Å². The number of halogens is 1. The van der Waals surface area contributed by atoms with Gasteiger partial charge in [0.05, 0.1) is 5.54 Å². The standard InChI is InChI=1S/C23H20ClNO/c1-2-16-23(19-12-7-4-8-13-19,20-14-9-15-21(24)17-20)25-22(26)18-10-5-3-6-11-18/h2-15,17H,1,16H2,(H,25,26). The Hall–Kier alpha value is -2.84. The first-order valence-corrected chi connectivity index (χ1v) is 8.83. The zero-order valence-electron chi connectivity index (χ0n) is 14.4. The molecule has 0 aliphatic carbocycles. The molecule has 1 unspecified atom stereocenters. The van der Waals surface area contributed by atoms with Gasteiger partial charge in [-0.05, 0) is 41.8 Å². The molecule has 0 aromatic heterocycles. The third-order valence-electron chi connectivity index (χ3n) is 4.40. The molecule has 0 aliphatic heterocycles. The van der Waals surface area contributed by atoms with Gasteiger partial charge < -0.3 is 5.32 Å². The van der Waals surface area contributed by atoms with Gasteiger partial charge in [-0.2, -0.15) is 0 Å². The van der Waals surface area contributed by atoms with Crippen LogP contribution < -0.4 is 5.32 Å². The third-order valence-corrected chi connectivity index (χ3v) is 4.63. The van der Waals surface area contributed by atoms with Crippen LogP contribution in [0.5, 0.6) is 0 Å². The highest BCUT2D eigenvalue weighted by molar-refractivity contribution is 6.30. The molecule has 0 fully saturated rings. The molecule has 1 atom stereocenters. The number of carbonyl (C=O) groups excluding carboxylic acids is 1. The number of benzene rings is 3. The normalized spacial score (nSPS) is 12.8. The monoisotopic (exact) mass is 361 g/mol. The van der Waals surface area contributed by atoms with Gasteiger partial charge >= 0.3 is 0 Å². The van der Waals surface area contributed by atoms with Gasteiger partial charge in [0, 0.05) is 10.6 Å². The van der Waals surface area contributed by atoms with Crippen LogP contribution in [0.25, 0.3) is 0 Å². The highest BCUT2D eigenvalue weighted by atomic mass is 35.5. The molecule has 3 aromatic carbocycles. The number of amides is 1. The molecule has 1 amide bonds. The van der Waals surface area contributed by atoms with E-state index >= 15 is 0 Å². The lowest BCUT2D eigenvalue weighted by atomic mass is 9.79. The Kier molecular flexibility index (Phi) is 5.55. The molecule has 3 rings (SSSR count).